The quantitative estimate of drug-likeness (QED) is 0.759. The summed E-state index contributed by atoms with van der Waals surface area (Å²) in [6.45, 7) is 0. The van der Waals surface area contributed by atoms with Crippen LogP contribution in [-0.4, -0.2) is 14.2 Å². The molecule has 2 aliphatic rings. The number of benzene rings is 1. The van der Waals surface area contributed by atoms with Crippen LogP contribution in [0.25, 0.3) is 0 Å². The van der Waals surface area contributed by atoms with Gasteiger partial charge in [0.2, 0.25) is 0 Å². The maximum Gasteiger partial charge on any atom is 0.123 e. The summed E-state index contributed by atoms with van der Waals surface area (Å²) >= 11 is 0. The normalized spacial score (nSPS) is 20.4. The van der Waals surface area contributed by atoms with Crippen molar-refractivity contribution >= 4 is 0 Å². The van der Waals surface area contributed by atoms with Gasteiger partial charge in [0, 0.05) is 11.1 Å². The highest BCUT2D eigenvalue weighted by Crippen LogP contribution is 2.57. The number of rotatable bonds is 2. The molecule has 1 saturated carbocycles. The summed E-state index contributed by atoms with van der Waals surface area (Å²) in [5.74, 6) is 2.10. The highest BCUT2D eigenvalue weighted by atomic mass is 16.5. The van der Waals surface area contributed by atoms with Gasteiger partial charge in [-0.15, -0.1) is 0 Å². The molecule has 2 aliphatic carbocycles. The summed E-state index contributed by atoms with van der Waals surface area (Å²) in [7, 11) is 3.53. The molecule has 86 valence electrons. The summed E-state index contributed by atoms with van der Waals surface area (Å²) in [4.78, 5) is 0. The van der Waals surface area contributed by atoms with E-state index in [2.05, 4.69) is 6.07 Å². The topological polar surface area (TPSA) is 18.5 Å². The minimum absolute atomic E-state index is 0.426. The molecule has 0 heterocycles. The maximum atomic E-state index is 5.53. The first-order valence-electron chi connectivity index (χ1n) is 6.05. The van der Waals surface area contributed by atoms with Crippen LogP contribution in [0.3, 0.4) is 0 Å². The Morgan fingerprint density at radius 2 is 1.69 bits per heavy atom. The molecule has 0 saturated heterocycles. The van der Waals surface area contributed by atoms with Gasteiger partial charge < -0.3 is 9.47 Å². The van der Waals surface area contributed by atoms with Crippen LogP contribution in [0.2, 0.25) is 0 Å². The summed E-state index contributed by atoms with van der Waals surface area (Å²) in [5, 5.41) is 0. The van der Waals surface area contributed by atoms with Crippen LogP contribution < -0.4 is 9.47 Å². The Hall–Kier alpha value is -1.18. The lowest BCUT2D eigenvalue weighted by Crippen LogP contribution is -2.31. The van der Waals surface area contributed by atoms with Gasteiger partial charge >= 0.3 is 0 Å². The second-order valence-electron chi connectivity index (χ2n) is 4.96. The van der Waals surface area contributed by atoms with Gasteiger partial charge in [0.05, 0.1) is 14.2 Å². The van der Waals surface area contributed by atoms with Crippen molar-refractivity contribution in [2.45, 2.75) is 37.5 Å². The Bertz CT molecular complexity index is 419. The van der Waals surface area contributed by atoms with Crippen molar-refractivity contribution in [1.82, 2.24) is 0 Å². The van der Waals surface area contributed by atoms with E-state index in [9.17, 15) is 0 Å². The van der Waals surface area contributed by atoms with E-state index >= 15 is 0 Å². The second-order valence-corrected chi connectivity index (χ2v) is 4.96. The molecule has 1 spiro atoms. The number of fused-ring (bicyclic) bond motifs is 2. The molecule has 3 rings (SSSR count). The molecule has 1 aromatic rings. The van der Waals surface area contributed by atoms with Gasteiger partial charge in [-0.3, -0.25) is 0 Å². The standard InChI is InChI=1S/C14H18O2/c1-15-11-4-5-12(16-2)13-10(11)6-9-14(13)7-3-8-14/h4-5H,3,6-9H2,1-2H3. The van der Waals surface area contributed by atoms with Crippen LogP contribution in [0, 0.1) is 0 Å². The van der Waals surface area contributed by atoms with Crippen molar-refractivity contribution in [3.63, 3.8) is 0 Å². The third-order valence-corrected chi connectivity index (χ3v) is 4.37. The van der Waals surface area contributed by atoms with Crippen LogP contribution in [0.4, 0.5) is 0 Å². The van der Waals surface area contributed by atoms with Crippen molar-refractivity contribution in [3.05, 3.63) is 23.3 Å². The molecule has 0 unspecified atom stereocenters. The van der Waals surface area contributed by atoms with Gasteiger partial charge in [-0.25, -0.2) is 0 Å². The predicted molar refractivity (Wildman–Crippen MR) is 63.4 cm³/mol. The fourth-order valence-corrected chi connectivity index (χ4v) is 3.39. The molecule has 0 N–H and O–H groups in total. The molecule has 0 atom stereocenters. The molecule has 1 aromatic carbocycles. The van der Waals surface area contributed by atoms with E-state index in [0.717, 1.165) is 17.9 Å². The summed E-state index contributed by atoms with van der Waals surface area (Å²) in [6.07, 6.45) is 6.43. The van der Waals surface area contributed by atoms with E-state index in [1.807, 2.05) is 6.07 Å². The number of methoxy groups -OCH3 is 2. The fraction of sp³-hybridized carbons (Fsp3) is 0.571. The summed E-state index contributed by atoms with van der Waals surface area (Å²) in [5.41, 5.74) is 3.26. The molecule has 0 bridgehead atoms. The molecule has 0 radical (unpaired) electrons. The summed E-state index contributed by atoms with van der Waals surface area (Å²) in [6, 6.07) is 4.10. The lowest BCUT2D eigenvalue weighted by atomic mass is 9.65. The van der Waals surface area contributed by atoms with Crippen molar-refractivity contribution in [1.29, 1.82) is 0 Å². The first-order valence-corrected chi connectivity index (χ1v) is 6.05. The SMILES string of the molecule is COc1ccc(OC)c2c1CCC21CCC1. The van der Waals surface area contributed by atoms with Crippen molar-refractivity contribution in [2.75, 3.05) is 14.2 Å². The highest BCUT2D eigenvalue weighted by Gasteiger charge is 2.46. The Balaban J connectivity index is 2.17. The molecule has 1 fully saturated rings. The Morgan fingerprint density at radius 3 is 2.25 bits per heavy atom. The third-order valence-electron chi connectivity index (χ3n) is 4.37. The minimum Gasteiger partial charge on any atom is -0.496 e. The third kappa shape index (κ3) is 1.13. The maximum absolute atomic E-state index is 5.53. The Labute approximate surface area is 96.6 Å². The molecule has 2 nitrogen and oxygen atoms in total. The van der Waals surface area contributed by atoms with Crippen molar-refractivity contribution in [2.24, 2.45) is 0 Å². The summed E-state index contributed by atoms with van der Waals surface area (Å²) < 4.78 is 11.0. The van der Waals surface area contributed by atoms with Gasteiger partial charge in [0.25, 0.3) is 0 Å². The Morgan fingerprint density at radius 1 is 1.00 bits per heavy atom. The van der Waals surface area contributed by atoms with Gasteiger partial charge in [-0.2, -0.15) is 0 Å². The lowest BCUT2D eigenvalue weighted by molar-refractivity contribution is 0.236. The number of hydrogen-bond acceptors (Lipinski definition) is 2. The first kappa shape index (κ1) is 10.0. The van der Waals surface area contributed by atoms with Crippen LogP contribution in [-0.2, 0) is 11.8 Å². The largest absolute Gasteiger partial charge is 0.496 e. The van der Waals surface area contributed by atoms with E-state index in [1.165, 1.54) is 36.8 Å². The average molecular weight is 218 g/mol. The number of hydrogen-bond donors (Lipinski definition) is 0. The zero-order chi connectivity index (χ0) is 11.2. The smallest absolute Gasteiger partial charge is 0.123 e. The van der Waals surface area contributed by atoms with Crippen molar-refractivity contribution in [3.8, 4) is 11.5 Å². The van der Waals surface area contributed by atoms with Crippen LogP contribution in [0.5, 0.6) is 11.5 Å². The minimum atomic E-state index is 0.426. The van der Waals surface area contributed by atoms with Gasteiger partial charge in [0.15, 0.2) is 0 Å². The van der Waals surface area contributed by atoms with Crippen LogP contribution >= 0.6 is 0 Å². The van der Waals surface area contributed by atoms with E-state index < -0.39 is 0 Å². The predicted octanol–water partition coefficient (Wildman–Crippen LogP) is 3.07. The molecule has 0 aliphatic heterocycles. The highest BCUT2D eigenvalue weighted by molar-refractivity contribution is 5.56. The molecular formula is C14H18O2. The monoisotopic (exact) mass is 218 g/mol. The molecular weight excluding hydrogens is 200 g/mol. The zero-order valence-electron chi connectivity index (χ0n) is 10.0. The first-order chi connectivity index (χ1) is 7.80. The fourth-order valence-electron chi connectivity index (χ4n) is 3.39. The van der Waals surface area contributed by atoms with E-state index in [-0.39, 0.29) is 0 Å². The van der Waals surface area contributed by atoms with Gasteiger partial charge in [-0.05, 0) is 43.2 Å². The van der Waals surface area contributed by atoms with E-state index in [0.29, 0.717) is 5.41 Å². The number of ether oxygens (including phenoxy) is 2. The van der Waals surface area contributed by atoms with E-state index in [1.54, 1.807) is 14.2 Å². The molecule has 0 aromatic heterocycles. The van der Waals surface area contributed by atoms with Crippen molar-refractivity contribution < 1.29 is 9.47 Å². The molecule has 0 amide bonds. The second kappa shape index (κ2) is 3.41. The van der Waals surface area contributed by atoms with Gasteiger partial charge in [0.1, 0.15) is 11.5 Å². The van der Waals surface area contributed by atoms with Gasteiger partial charge in [-0.1, -0.05) is 6.42 Å². The van der Waals surface area contributed by atoms with Crippen LogP contribution in [0.15, 0.2) is 12.1 Å². The Kier molecular flexibility index (Phi) is 2.13. The zero-order valence-corrected chi connectivity index (χ0v) is 10.0. The van der Waals surface area contributed by atoms with Crippen LogP contribution in [0.1, 0.15) is 36.8 Å². The van der Waals surface area contributed by atoms with E-state index in [4.69, 9.17) is 9.47 Å². The molecule has 16 heavy (non-hydrogen) atoms. The molecule has 2 heteroatoms. The average Bonchev–Trinajstić information content (AvgIpc) is 2.67. The lowest BCUT2D eigenvalue weighted by Gasteiger charge is -2.40.